The molecule has 5 rings (SSSR count). The molecular formula is C32H37N3O4. The third kappa shape index (κ3) is 6.15. The van der Waals surface area contributed by atoms with Crippen LogP contribution >= 0.6 is 0 Å². The van der Waals surface area contributed by atoms with Crippen molar-refractivity contribution in [3.05, 3.63) is 89.5 Å². The first-order valence-corrected chi connectivity index (χ1v) is 13.7. The van der Waals surface area contributed by atoms with E-state index in [0.717, 1.165) is 66.0 Å². The van der Waals surface area contributed by atoms with Crippen LogP contribution in [0.3, 0.4) is 0 Å². The van der Waals surface area contributed by atoms with Gasteiger partial charge in [-0.15, -0.1) is 0 Å². The molecular weight excluding hydrogens is 490 g/mol. The lowest BCUT2D eigenvalue weighted by molar-refractivity contribution is 0.0493. The molecule has 0 saturated carbocycles. The zero-order valence-electron chi connectivity index (χ0n) is 22.7. The third-order valence-corrected chi connectivity index (χ3v) is 7.84. The number of ether oxygens (including phenoxy) is 1. The van der Waals surface area contributed by atoms with Gasteiger partial charge in [0.15, 0.2) is 0 Å². The molecule has 2 heterocycles. The Labute approximate surface area is 230 Å². The first-order valence-electron chi connectivity index (χ1n) is 13.7. The van der Waals surface area contributed by atoms with Crippen molar-refractivity contribution in [3.63, 3.8) is 0 Å². The number of para-hydroxylation sites is 1. The Morgan fingerprint density at radius 1 is 0.974 bits per heavy atom. The number of hydrogen-bond donors (Lipinski definition) is 2. The van der Waals surface area contributed by atoms with Gasteiger partial charge >= 0.3 is 6.09 Å². The minimum absolute atomic E-state index is 0.0242. The summed E-state index contributed by atoms with van der Waals surface area (Å²) in [6.07, 6.45) is 0.967. The van der Waals surface area contributed by atoms with Crippen LogP contribution in [0.25, 0.3) is 11.1 Å². The highest BCUT2D eigenvalue weighted by Crippen LogP contribution is 2.34. The van der Waals surface area contributed by atoms with Crippen LogP contribution in [0.5, 0.6) is 0 Å². The highest BCUT2D eigenvalue weighted by atomic mass is 16.6. The number of carbonyl (C=O) groups is 2. The molecule has 2 aliphatic rings. The lowest BCUT2D eigenvalue weighted by atomic mass is 9.77. The molecule has 0 radical (unpaired) electrons. The number of hydrogen-bond acceptors (Lipinski definition) is 5. The second-order valence-corrected chi connectivity index (χ2v) is 11.1. The monoisotopic (exact) mass is 527 g/mol. The van der Waals surface area contributed by atoms with Gasteiger partial charge in [0.2, 0.25) is 0 Å². The number of aliphatic hydroxyl groups excluding tert-OH is 1. The lowest BCUT2D eigenvalue weighted by Crippen LogP contribution is -2.50. The van der Waals surface area contributed by atoms with E-state index in [9.17, 15) is 14.7 Å². The molecule has 3 aromatic carbocycles. The van der Waals surface area contributed by atoms with Crippen molar-refractivity contribution in [2.45, 2.75) is 44.8 Å². The standard InChI is InChI=1S/C32H37N3O4/c1-32(2)22-35(30(37)27-13-12-23(21-36)20-28(27)32)19-18-34-16-14-25(15-17-34)39-31(38)33-29-11-7-6-10-26(29)24-8-4-3-5-9-24/h3-13,20,25,36H,14-19,21-22H2,1-2H3,(H,33,38). The summed E-state index contributed by atoms with van der Waals surface area (Å²) >= 11 is 0. The van der Waals surface area contributed by atoms with Crippen LogP contribution in [0, 0.1) is 0 Å². The fourth-order valence-corrected chi connectivity index (χ4v) is 5.69. The SMILES string of the molecule is CC1(C)CN(CCN2CCC(OC(=O)Nc3ccccc3-c3ccccc3)CC2)C(=O)c2ccc(CO)cc21. The van der Waals surface area contributed by atoms with E-state index >= 15 is 0 Å². The third-order valence-electron chi connectivity index (χ3n) is 7.84. The summed E-state index contributed by atoms with van der Waals surface area (Å²) in [5.41, 5.74) is 5.12. The molecule has 1 fully saturated rings. The van der Waals surface area contributed by atoms with Crippen LogP contribution in [-0.4, -0.2) is 65.7 Å². The van der Waals surface area contributed by atoms with E-state index in [2.05, 4.69) is 24.1 Å². The smallest absolute Gasteiger partial charge is 0.411 e. The molecule has 2 aliphatic heterocycles. The largest absolute Gasteiger partial charge is 0.446 e. The van der Waals surface area contributed by atoms with Gasteiger partial charge in [-0.25, -0.2) is 4.79 Å². The number of nitrogens with one attached hydrogen (secondary N) is 1. The minimum atomic E-state index is -0.430. The van der Waals surface area contributed by atoms with Crippen molar-refractivity contribution in [2.24, 2.45) is 0 Å². The topological polar surface area (TPSA) is 82.1 Å². The highest BCUT2D eigenvalue weighted by Gasteiger charge is 2.36. The Hall–Kier alpha value is -3.68. The van der Waals surface area contributed by atoms with Crippen molar-refractivity contribution >= 4 is 17.7 Å². The number of likely N-dealkylation sites (tertiary alicyclic amines) is 1. The zero-order chi connectivity index (χ0) is 27.4. The lowest BCUT2D eigenvalue weighted by Gasteiger charge is -2.41. The van der Waals surface area contributed by atoms with Crippen molar-refractivity contribution in [3.8, 4) is 11.1 Å². The van der Waals surface area contributed by atoms with Crippen LogP contribution in [0.4, 0.5) is 10.5 Å². The molecule has 0 aromatic heterocycles. The van der Waals surface area contributed by atoms with Gasteiger partial charge in [0.1, 0.15) is 6.10 Å². The fourth-order valence-electron chi connectivity index (χ4n) is 5.69. The minimum Gasteiger partial charge on any atom is -0.446 e. The van der Waals surface area contributed by atoms with Gasteiger partial charge in [0, 0.05) is 49.3 Å². The fraction of sp³-hybridized carbons (Fsp3) is 0.375. The summed E-state index contributed by atoms with van der Waals surface area (Å²) in [7, 11) is 0. The van der Waals surface area contributed by atoms with E-state index < -0.39 is 6.09 Å². The molecule has 0 unspecified atom stereocenters. The average molecular weight is 528 g/mol. The van der Waals surface area contributed by atoms with Gasteiger partial charge in [-0.3, -0.25) is 10.1 Å². The van der Waals surface area contributed by atoms with Crippen LogP contribution in [0.15, 0.2) is 72.8 Å². The van der Waals surface area contributed by atoms with E-state index in [1.165, 1.54) is 0 Å². The predicted molar refractivity (Wildman–Crippen MR) is 153 cm³/mol. The van der Waals surface area contributed by atoms with Gasteiger partial charge < -0.3 is 19.6 Å². The van der Waals surface area contributed by atoms with E-state index in [4.69, 9.17) is 4.74 Å². The van der Waals surface area contributed by atoms with Crippen LogP contribution in [0.2, 0.25) is 0 Å². The summed E-state index contributed by atoms with van der Waals surface area (Å²) in [4.78, 5) is 30.2. The Morgan fingerprint density at radius 3 is 2.44 bits per heavy atom. The number of piperidine rings is 1. The zero-order valence-corrected chi connectivity index (χ0v) is 22.7. The number of rotatable bonds is 7. The second kappa shape index (κ2) is 11.6. The molecule has 0 bridgehead atoms. The van der Waals surface area contributed by atoms with Crippen LogP contribution in [-0.2, 0) is 16.8 Å². The molecule has 0 spiro atoms. The first kappa shape index (κ1) is 26.9. The van der Waals surface area contributed by atoms with Gasteiger partial charge in [0.05, 0.1) is 12.3 Å². The van der Waals surface area contributed by atoms with Crippen molar-refractivity contribution in [1.29, 1.82) is 0 Å². The van der Waals surface area contributed by atoms with Crippen molar-refractivity contribution in [2.75, 3.05) is 38.0 Å². The van der Waals surface area contributed by atoms with Crippen LogP contribution < -0.4 is 5.32 Å². The summed E-state index contributed by atoms with van der Waals surface area (Å²) < 4.78 is 5.77. The molecule has 7 nitrogen and oxygen atoms in total. The summed E-state index contributed by atoms with van der Waals surface area (Å²) in [5.74, 6) is 0.0551. The maximum Gasteiger partial charge on any atom is 0.411 e. The Balaban J connectivity index is 1.11. The molecule has 3 aromatic rings. The molecule has 2 N–H and O–H groups in total. The number of benzene rings is 3. The average Bonchev–Trinajstić information content (AvgIpc) is 2.95. The molecule has 39 heavy (non-hydrogen) atoms. The van der Waals surface area contributed by atoms with Gasteiger partial charge in [-0.2, -0.15) is 0 Å². The Kier molecular flexibility index (Phi) is 8.00. The molecule has 2 amide bonds. The first-order chi connectivity index (χ1) is 18.8. The number of fused-ring (bicyclic) bond motifs is 1. The molecule has 7 heteroatoms. The molecule has 204 valence electrons. The number of nitrogens with zero attached hydrogens (tertiary/aromatic N) is 2. The Morgan fingerprint density at radius 2 is 1.69 bits per heavy atom. The predicted octanol–water partition coefficient (Wildman–Crippen LogP) is 5.29. The van der Waals surface area contributed by atoms with E-state index in [-0.39, 0.29) is 24.0 Å². The van der Waals surface area contributed by atoms with Crippen molar-refractivity contribution < 1.29 is 19.4 Å². The molecule has 1 saturated heterocycles. The summed E-state index contributed by atoms with van der Waals surface area (Å²) in [6, 6.07) is 23.3. The number of carbonyl (C=O) groups excluding carboxylic acids is 2. The summed E-state index contributed by atoms with van der Waals surface area (Å²) in [5, 5.41) is 12.4. The summed E-state index contributed by atoms with van der Waals surface area (Å²) in [6.45, 7) is 8.01. The molecule has 0 aliphatic carbocycles. The maximum absolute atomic E-state index is 13.2. The van der Waals surface area contributed by atoms with Crippen molar-refractivity contribution in [1.82, 2.24) is 9.80 Å². The normalized spacial score (nSPS) is 17.5. The quantitative estimate of drug-likeness (QED) is 0.436. The van der Waals surface area contributed by atoms with Crippen LogP contribution in [0.1, 0.15) is 48.2 Å². The second-order valence-electron chi connectivity index (χ2n) is 11.1. The van der Waals surface area contributed by atoms with E-state index in [0.29, 0.717) is 13.1 Å². The van der Waals surface area contributed by atoms with E-state index in [1.807, 2.05) is 77.7 Å². The van der Waals surface area contributed by atoms with Gasteiger partial charge in [-0.1, -0.05) is 74.5 Å². The van der Waals surface area contributed by atoms with Gasteiger partial charge in [-0.05, 0) is 41.7 Å². The number of amides is 2. The Bertz CT molecular complexity index is 1320. The maximum atomic E-state index is 13.2. The van der Waals surface area contributed by atoms with Gasteiger partial charge in [0.25, 0.3) is 5.91 Å². The number of anilines is 1. The molecule has 0 atom stereocenters. The number of aliphatic hydroxyl groups is 1. The highest BCUT2D eigenvalue weighted by molar-refractivity contribution is 5.97. The van der Waals surface area contributed by atoms with E-state index in [1.54, 1.807) is 0 Å².